The summed E-state index contributed by atoms with van der Waals surface area (Å²) in [6, 6.07) is 33.7. The molecule has 3 heteroatoms. The van der Waals surface area contributed by atoms with E-state index in [1.165, 1.54) is 94.7 Å². The van der Waals surface area contributed by atoms with E-state index in [9.17, 15) is 0 Å². The molecule has 3 aliphatic carbocycles. The third-order valence-electron chi connectivity index (χ3n) is 11.7. The van der Waals surface area contributed by atoms with Crippen LogP contribution >= 0.6 is 0 Å². The molecule has 1 saturated carbocycles. The van der Waals surface area contributed by atoms with Gasteiger partial charge in [0.05, 0.1) is 5.41 Å². The number of fused-ring (bicyclic) bond motifs is 10. The van der Waals surface area contributed by atoms with E-state index in [0.29, 0.717) is 5.92 Å². The van der Waals surface area contributed by atoms with Gasteiger partial charge in [0.25, 0.3) is 0 Å². The monoisotopic (exact) mass is 577 g/mol. The summed E-state index contributed by atoms with van der Waals surface area (Å²) in [5.74, 6) is 1.85. The van der Waals surface area contributed by atoms with E-state index in [2.05, 4.69) is 109 Å². The molecule has 1 atom stereocenters. The number of rotatable bonds is 2. The molecule has 4 aromatic rings. The van der Waals surface area contributed by atoms with Crippen molar-refractivity contribution in [3.8, 4) is 11.1 Å². The van der Waals surface area contributed by atoms with Gasteiger partial charge in [-0.3, -0.25) is 4.99 Å². The average Bonchev–Trinajstić information content (AvgIpc) is 3.38. The summed E-state index contributed by atoms with van der Waals surface area (Å²) < 4.78 is 0. The van der Waals surface area contributed by atoms with E-state index >= 15 is 0 Å². The molecule has 4 aromatic carbocycles. The van der Waals surface area contributed by atoms with Crippen LogP contribution in [0.3, 0.4) is 0 Å². The quantitative estimate of drug-likeness (QED) is 0.208. The Morgan fingerprint density at radius 3 is 2.20 bits per heavy atom. The van der Waals surface area contributed by atoms with Crippen LogP contribution in [0.5, 0.6) is 0 Å². The third kappa shape index (κ3) is 3.59. The van der Waals surface area contributed by atoms with Gasteiger partial charge < -0.3 is 9.80 Å². The third-order valence-corrected chi connectivity index (χ3v) is 11.7. The van der Waals surface area contributed by atoms with Crippen molar-refractivity contribution in [2.24, 2.45) is 4.99 Å². The predicted molar refractivity (Wildman–Crippen MR) is 182 cm³/mol. The van der Waals surface area contributed by atoms with Gasteiger partial charge in [-0.2, -0.15) is 0 Å². The topological polar surface area (TPSA) is 18.8 Å². The van der Waals surface area contributed by atoms with Crippen LogP contribution in [0, 0.1) is 0 Å². The molecule has 9 rings (SSSR count). The molecule has 1 unspecified atom stereocenters. The Morgan fingerprint density at radius 1 is 0.614 bits per heavy atom. The first-order chi connectivity index (χ1) is 21.6. The van der Waals surface area contributed by atoms with Crippen molar-refractivity contribution >= 4 is 11.6 Å². The lowest BCUT2D eigenvalue weighted by Crippen LogP contribution is -2.52. The summed E-state index contributed by atoms with van der Waals surface area (Å²) >= 11 is 0. The highest BCUT2D eigenvalue weighted by Gasteiger charge is 2.53. The van der Waals surface area contributed by atoms with Crippen molar-refractivity contribution in [2.45, 2.75) is 75.5 Å². The maximum atomic E-state index is 5.05. The molecule has 3 nitrogen and oxygen atoms in total. The smallest absolute Gasteiger partial charge is 0.201 e. The molecule has 2 aliphatic heterocycles. The molecular weight excluding hydrogens is 534 g/mol. The van der Waals surface area contributed by atoms with Crippen molar-refractivity contribution < 1.29 is 0 Å². The lowest BCUT2D eigenvalue weighted by molar-refractivity contribution is 0.360. The minimum Gasteiger partial charge on any atom is -0.342 e. The van der Waals surface area contributed by atoms with Gasteiger partial charge in [0.2, 0.25) is 5.96 Å². The fraction of sp³-hybridized carbons (Fsp3) is 0.390. The predicted octanol–water partition coefficient (Wildman–Crippen LogP) is 9.01. The first-order valence-corrected chi connectivity index (χ1v) is 17.1. The zero-order chi connectivity index (χ0) is 29.5. The Morgan fingerprint density at radius 2 is 1.34 bits per heavy atom. The molecule has 0 N–H and O–H groups in total. The molecule has 5 aliphatic rings. The minimum absolute atomic E-state index is 0.129. The number of guanidine groups is 1. The van der Waals surface area contributed by atoms with Crippen molar-refractivity contribution in [1.82, 2.24) is 4.90 Å². The van der Waals surface area contributed by atoms with E-state index < -0.39 is 0 Å². The molecule has 0 aromatic heterocycles. The lowest BCUT2D eigenvalue weighted by Gasteiger charge is -2.47. The standard InChI is InChI=1S/C41H43N3/c1-40(2)34-16-8-9-17-35(34)41(36-21-19-30(27-38(36)40)44-25-11-24-43-23-10-22-42-39(43)44)33-15-7-6-14-31(33)32-20-18-29(26-37(32)41)28-12-4-3-5-13-28/h6-9,14-21,26-28H,3-5,10-13,22-25H2,1-2H3. The maximum absolute atomic E-state index is 5.05. The Bertz CT molecular complexity index is 1810. The van der Waals surface area contributed by atoms with E-state index in [0.717, 1.165) is 32.6 Å². The van der Waals surface area contributed by atoms with E-state index in [4.69, 9.17) is 4.99 Å². The van der Waals surface area contributed by atoms with Crippen molar-refractivity contribution in [2.75, 3.05) is 31.1 Å². The van der Waals surface area contributed by atoms with Gasteiger partial charge in [-0.25, -0.2) is 0 Å². The van der Waals surface area contributed by atoms with Gasteiger partial charge in [0, 0.05) is 37.3 Å². The maximum Gasteiger partial charge on any atom is 0.201 e. The van der Waals surface area contributed by atoms with Crippen molar-refractivity contribution in [1.29, 1.82) is 0 Å². The largest absolute Gasteiger partial charge is 0.342 e. The van der Waals surface area contributed by atoms with Gasteiger partial charge in [0.1, 0.15) is 0 Å². The van der Waals surface area contributed by atoms with Crippen LogP contribution in [0.1, 0.15) is 104 Å². The highest BCUT2D eigenvalue weighted by molar-refractivity contribution is 5.98. The van der Waals surface area contributed by atoms with Gasteiger partial charge in [-0.15, -0.1) is 0 Å². The van der Waals surface area contributed by atoms with E-state index in [1.54, 1.807) is 5.56 Å². The zero-order valence-corrected chi connectivity index (χ0v) is 26.3. The van der Waals surface area contributed by atoms with E-state index in [1.807, 2.05) is 0 Å². The second-order valence-corrected chi connectivity index (χ2v) is 14.4. The normalized spacial score (nSPS) is 23.4. The van der Waals surface area contributed by atoms with Crippen LogP contribution < -0.4 is 4.90 Å². The van der Waals surface area contributed by atoms with Crippen LogP contribution in [-0.2, 0) is 10.8 Å². The molecule has 2 fully saturated rings. The number of hydrogen-bond donors (Lipinski definition) is 0. The molecule has 0 amide bonds. The van der Waals surface area contributed by atoms with Crippen LogP contribution in [0.25, 0.3) is 11.1 Å². The van der Waals surface area contributed by atoms with Gasteiger partial charge in [-0.05, 0) is 93.8 Å². The fourth-order valence-corrected chi connectivity index (χ4v) is 9.63. The Kier molecular flexibility index (Phi) is 5.93. The molecule has 2 heterocycles. The summed E-state index contributed by atoms with van der Waals surface area (Å²) in [4.78, 5) is 10.1. The number of benzene rings is 4. The summed E-state index contributed by atoms with van der Waals surface area (Å²) in [5, 5.41) is 0. The summed E-state index contributed by atoms with van der Waals surface area (Å²) in [7, 11) is 0. The van der Waals surface area contributed by atoms with Crippen molar-refractivity contribution in [3.63, 3.8) is 0 Å². The average molecular weight is 578 g/mol. The molecule has 0 bridgehead atoms. The summed E-state index contributed by atoms with van der Waals surface area (Å²) in [6.45, 7) is 9.11. The Balaban J connectivity index is 1.31. The van der Waals surface area contributed by atoms with Crippen LogP contribution in [-0.4, -0.2) is 37.0 Å². The minimum atomic E-state index is -0.327. The SMILES string of the molecule is CC1(C)c2ccccc2C2(c3ccccc3-c3ccc(C4CCCCC4)cc32)c2ccc(N3CCCN4CCCN=C43)cc21. The summed E-state index contributed by atoms with van der Waals surface area (Å²) in [5.41, 5.74) is 13.9. The first kappa shape index (κ1) is 26.5. The summed E-state index contributed by atoms with van der Waals surface area (Å²) in [6.07, 6.45) is 9.07. The van der Waals surface area contributed by atoms with Crippen molar-refractivity contribution in [3.05, 3.63) is 124 Å². The van der Waals surface area contributed by atoms with E-state index in [-0.39, 0.29) is 10.8 Å². The number of anilines is 1. The molecular formula is C41H43N3. The molecule has 1 spiro atoms. The van der Waals surface area contributed by atoms with Crippen LogP contribution in [0.4, 0.5) is 5.69 Å². The second kappa shape index (κ2) is 9.83. The molecule has 0 radical (unpaired) electrons. The molecule has 44 heavy (non-hydrogen) atoms. The molecule has 1 saturated heterocycles. The molecule has 222 valence electrons. The number of aliphatic imine (C=N–C) groups is 1. The Hall–Kier alpha value is -3.85. The zero-order valence-electron chi connectivity index (χ0n) is 26.3. The second-order valence-electron chi connectivity index (χ2n) is 14.4. The Labute approximate surface area is 262 Å². The van der Waals surface area contributed by atoms with Gasteiger partial charge in [0.15, 0.2) is 0 Å². The number of nitrogens with zero attached hydrogens (tertiary/aromatic N) is 3. The number of hydrogen-bond acceptors (Lipinski definition) is 3. The lowest BCUT2D eigenvalue weighted by atomic mass is 9.55. The van der Waals surface area contributed by atoms with Gasteiger partial charge >= 0.3 is 0 Å². The van der Waals surface area contributed by atoms with Crippen LogP contribution in [0.2, 0.25) is 0 Å². The fourth-order valence-electron chi connectivity index (χ4n) is 9.63. The highest BCUT2D eigenvalue weighted by Crippen LogP contribution is 2.62. The highest BCUT2D eigenvalue weighted by atomic mass is 15.4. The first-order valence-electron chi connectivity index (χ1n) is 17.1. The van der Waals surface area contributed by atoms with Gasteiger partial charge in [-0.1, -0.05) is 106 Å². The van der Waals surface area contributed by atoms with Crippen LogP contribution in [0.15, 0.2) is 89.9 Å².